The molecule has 2 atom stereocenters. The van der Waals surface area contributed by atoms with Crippen LogP contribution < -0.4 is 10.6 Å². The Labute approximate surface area is 255 Å². The molecule has 42 heavy (non-hydrogen) atoms. The second-order valence-corrected chi connectivity index (χ2v) is 10.2. The van der Waals surface area contributed by atoms with Crippen molar-refractivity contribution in [2.24, 2.45) is 0 Å². The molecule has 0 radical (unpaired) electrons. The van der Waals surface area contributed by atoms with Crippen molar-refractivity contribution in [2.45, 2.75) is 80.4 Å². The van der Waals surface area contributed by atoms with E-state index in [0.29, 0.717) is 18.5 Å². The molecule has 4 heteroatoms. The topological polar surface area (TPSA) is 27.3 Å². The predicted octanol–water partition coefficient (Wildman–Crippen LogP) is 9.88. The van der Waals surface area contributed by atoms with E-state index in [9.17, 15) is 4.39 Å². The summed E-state index contributed by atoms with van der Waals surface area (Å²) in [6, 6.07) is 5.43. The zero-order valence-electron chi connectivity index (χ0n) is 25.9. The number of hydrogen-bond donors (Lipinski definition) is 2. The first-order valence-electron chi connectivity index (χ1n) is 14.5. The van der Waals surface area contributed by atoms with E-state index in [1.54, 1.807) is 13.0 Å². The highest BCUT2D eigenvalue weighted by Gasteiger charge is 2.21. The molecular weight excluding hydrogens is 517 g/mol. The van der Waals surface area contributed by atoms with Gasteiger partial charge in [0.15, 0.2) is 0 Å². The SMILES string of the molecule is C.C=CC1=CC=C(C(C)NC(=C)C(=C)C/C=C(/C(=C)NCc2ccc(F)c(C)c2)N2C(C)=CC=CC2C)C=CC1.CC. The smallest absolute Gasteiger partial charge is 0.126 e. The van der Waals surface area contributed by atoms with Gasteiger partial charge in [0.1, 0.15) is 5.82 Å². The summed E-state index contributed by atoms with van der Waals surface area (Å²) in [7, 11) is 0. The zero-order valence-corrected chi connectivity index (χ0v) is 25.9. The molecule has 1 aromatic carbocycles. The molecule has 0 spiro atoms. The summed E-state index contributed by atoms with van der Waals surface area (Å²) in [4.78, 5) is 2.27. The number of hydrogen-bond acceptors (Lipinski definition) is 3. The average Bonchev–Trinajstić information content (AvgIpc) is 3.22. The van der Waals surface area contributed by atoms with Gasteiger partial charge >= 0.3 is 0 Å². The van der Waals surface area contributed by atoms with Crippen LogP contribution in [0.2, 0.25) is 0 Å². The van der Waals surface area contributed by atoms with Crippen molar-refractivity contribution in [3.63, 3.8) is 0 Å². The van der Waals surface area contributed by atoms with Gasteiger partial charge in [-0.05, 0) is 80.5 Å². The van der Waals surface area contributed by atoms with E-state index in [4.69, 9.17) is 0 Å². The second-order valence-electron chi connectivity index (χ2n) is 10.2. The zero-order chi connectivity index (χ0) is 30.5. The van der Waals surface area contributed by atoms with Crippen LogP contribution in [-0.4, -0.2) is 17.0 Å². The molecule has 3 nitrogen and oxygen atoms in total. The minimum absolute atomic E-state index is 0. The van der Waals surface area contributed by atoms with Gasteiger partial charge in [0.05, 0.1) is 11.4 Å². The summed E-state index contributed by atoms with van der Waals surface area (Å²) in [6.45, 7) is 29.6. The maximum atomic E-state index is 13.7. The molecule has 3 rings (SSSR count). The third kappa shape index (κ3) is 10.1. The van der Waals surface area contributed by atoms with Crippen LogP contribution in [0, 0.1) is 12.7 Å². The predicted molar refractivity (Wildman–Crippen MR) is 183 cm³/mol. The maximum Gasteiger partial charge on any atom is 0.126 e. The molecule has 2 unspecified atom stereocenters. The van der Waals surface area contributed by atoms with Crippen molar-refractivity contribution in [3.05, 3.63) is 156 Å². The van der Waals surface area contributed by atoms with Crippen LogP contribution in [0.3, 0.4) is 0 Å². The van der Waals surface area contributed by atoms with E-state index in [1.165, 1.54) is 17.2 Å². The Morgan fingerprint density at radius 3 is 2.48 bits per heavy atom. The Balaban J connectivity index is 0.00000288. The van der Waals surface area contributed by atoms with Crippen molar-refractivity contribution in [2.75, 3.05) is 0 Å². The molecular formula is C38H52FN3. The molecule has 1 aromatic rings. The van der Waals surface area contributed by atoms with Crippen LogP contribution in [0.5, 0.6) is 0 Å². The van der Waals surface area contributed by atoms with Gasteiger partial charge in [0, 0.05) is 30.0 Å². The Morgan fingerprint density at radius 2 is 1.83 bits per heavy atom. The van der Waals surface area contributed by atoms with E-state index in [-0.39, 0.29) is 25.3 Å². The summed E-state index contributed by atoms with van der Waals surface area (Å²) in [5, 5.41) is 6.97. The molecule has 2 aliphatic rings. The molecule has 0 fully saturated rings. The standard InChI is InChI=1S/C35H42FN3.C2H6.CH4/c1-9-31-14-11-15-33(19-17-31)29(7)38-28(6)24(2)16-21-35(39-26(4)12-10-13-27(39)5)30(8)37-23-32-18-20-34(36)25(3)22-32;1-2;/h9-13,15,17-22,26,29,37-38H,1-2,6,8,14,16,23H2,3-5,7H3;1-2H3;1H4/b35-21-;;. The highest BCUT2D eigenvalue weighted by atomic mass is 19.1. The fourth-order valence-electron chi connectivity index (χ4n) is 4.62. The van der Waals surface area contributed by atoms with Crippen LogP contribution in [0.1, 0.15) is 66.0 Å². The largest absolute Gasteiger partial charge is 0.380 e. The van der Waals surface area contributed by atoms with Gasteiger partial charge < -0.3 is 15.5 Å². The van der Waals surface area contributed by atoms with Crippen molar-refractivity contribution in [1.29, 1.82) is 0 Å². The molecule has 0 saturated carbocycles. The van der Waals surface area contributed by atoms with Gasteiger partial charge in [-0.25, -0.2) is 4.39 Å². The van der Waals surface area contributed by atoms with Gasteiger partial charge in [0.25, 0.3) is 0 Å². The van der Waals surface area contributed by atoms with Crippen LogP contribution in [0.4, 0.5) is 4.39 Å². The third-order valence-electron chi connectivity index (χ3n) is 7.09. The van der Waals surface area contributed by atoms with Gasteiger partial charge in [-0.2, -0.15) is 0 Å². The summed E-state index contributed by atoms with van der Waals surface area (Å²) in [5.74, 6) is -0.196. The fourth-order valence-corrected chi connectivity index (χ4v) is 4.62. The molecule has 0 bridgehead atoms. The highest BCUT2D eigenvalue weighted by Crippen LogP contribution is 2.27. The fraction of sp³-hybridized carbons (Fsp3) is 0.316. The van der Waals surface area contributed by atoms with Crippen LogP contribution in [0.25, 0.3) is 0 Å². The minimum Gasteiger partial charge on any atom is -0.380 e. The van der Waals surface area contributed by atoms with Crippen molar-refractivity contribution < 1.29 is 4.39 Å². The Kier molecular flexibility index (Phi) is 15.2. The van der Waals surface area contributed by atoms with Crippen LogP contribution in [-0.2, 0) is 6.54 Å². The number of benzene rings is 1. The Hall–Kier alpha value is -4.05. The van der Waals surface area contributed by atoms with Crippen molar-refractivity contribution in [1.82, 2.24) is 15.5 Å². The molecule has 1 heterocycles. The monoisotopic (exact) mass is 569 g/mol. The summed E-state index contributed by atoms with van der Waals surface area (Å²) in [5.41, 5.74) is 8.64. The normalized spacial score (nSPS) is 16.7. The van der Waals surface area contributed by atoms with E-state index < -0.39 is 0 Å². The summed E-state index contributed by atoms with van der Waals surface area (Å²) in [6.07, 6.45) is 20.4. The second kappa shape index (κ2) is 17.7. The van der Waals surface area contributed by atoms with Gasteiger partial charge in [-0.3, -0.25) is 0 Å². The van der Waals surface area contributed by atoms with Gasteiger partial charge in [0.2, 0.25) is 0 Å². The third-order valence-corrected chi connectivity index (χ3v) is 7.09. The summed E-state index contributed by atoms with van der Waals surface area (Å²) >= 11 is 0. The van der Waals surface area contributed by atoms with Gasteiger partial charge in [-0.1, -0.05) is 108 Å². The van der Waals surface area contributed by atoms with Crippen molar-refractivity contribution in [3.8, 4) is 0 Å². The summed E-state index contributed by atoms with van der Waals surface area (Å²) < 4.78 is 13.7. The first-order valence-corrected chi connectivity index (χ1v) is 14.5. The molecule has 0 saturated heterocycles. The van der Waals surface area contributed by atoms with Crippen LogP contribution in [0.15, 0.2) is 139 Å². The Morgan fingerprint density at radius 1 is 1.12 bits per heavy atom. The van der Waals surface area contributed by atoms with Gasteiger partial charge in [-0.15, -0.1) is 0 Å². The van der Waals surface area contributed by atoms with E-state index in [0.717, 1.165) is 40.3 Å². The molecule has 226 valence electrons. The number of aryl methyl sites for hydroxylation is 1. The number of nitrogens with zero attached hydrogens (tertiary/aromatic N) is 1. The molecule has 0 aromatic heterocycles. The van der Waals surface area contributed by atoms with E-state index >= 15 is 0 Å². The van der Waals surface area contributed by atoms with E-state index in [1.807, 2.05) is 26.0 Å². The lowest BCUT2D eigenvalue weighted by molar-refractivity contribution is 0.378. The van der Waals surface area contributed by atoms with Crippen molar-refractivity contribution >= 4 is 0 Å². The first kappa shape index (κ1) is 36.0. The number of allylic oxidation sites excluding steroid dienone is 10. The quantitative estimate of drug-likeness (QED) is 0.245. The maximum absolute atomic E-state index is 13.7. The number of rotatable bonds is 12. The molecule has 0 amide bonds. The molecule has 2 N–H and O–H groups in total. The first-order chi connectivity index (χ1) is 19.6. The minimum atomic E-state index is -0.196. The lowest BCUT2D eigenvalue weighted by Crippen LogP contribution is -2.34. The lowest BCUT2D eigenvalue weighted by Gasteiger charge is -2.35. The number of halogens is 1. The van der Waals surface area contributed by atoms with Crippen LogP contribution >= 0.6 is 0 Å². The lowest BCUT2D eigenvalue weighted by atomic mass is 10.0. The highest BCUT2D eigenvalue weighted by molar-refractivity contribution is 5.40. The Bertz CT molecular complexity index is 1320. The molecule has 1 aliphatic heterocycles. The molecule has 1 aliphatic carbocycles. The van der Waals surface area contributed by atoms with E-state index in [2.05, 4.69) is 111 Å². The number of nitrogens with one attached hydrogen (secondary N) is 2. The average molecular weight is 570 g/mol.